The fourth-order valence-corrected chi connectivity index (χ4v) is 3.34. The number of halogens is 2. The molecule has 0 bridgehead atoms. The standard InChI is InChI=1S/C16H19ClFNS/c1-3-8-19-15(16-7-4-11(2)20-16)9-12-5-6-13(18)10-14(12)17/h4-7,10,15,19H,3,8-9H2,1-2H3. The zero-order valence-corrected chi connectivity index (χ0v) is 13.3. The number of aryl methyl sites for hydroxylation is 1. The lowest BCUT2D eigenvalue weighted by molar-refractivity contribution is 0.536. The van der Waals surface area contributed by atoms with Crippen molar-refractivity contribution in [1.29, 1.82) is 0 Å². The Hall–Kier alpha value is -0.900. The lowest BCUT2D eigenvalue weighted by Crippen LogP contribution is -2.23. The average molecular weight is 312 g/mol. The third-order valence-corrected chi connectivity index (χ3v) is 4.65. The van der Waals surface area contributed by atoms with E-state index in [0.717, 1.165) is 24.9 Å². The van der Waals surface area contributed by atoms with Gasteiger partial charge >= 0.3 is 0 Å². The smallest absolute Gasteiger partial charge is 0.124 e. The molecule has 0 saturated carbocycles. The molecule has 1 unspecified atom stereocenters. The van der Waals surface area contributed by atoms with Gasteiger partial charge in [-0.1, -0.05) is 24.6 Å². The zero-order chi connectivity index (χ0) is 14.5. The summed E-state index contributed by atoms with van der Waals surface area (Å²) in [5.74, 6) is -0.288. The van der Waals surface area contributed by atoms with E-state index in [1.54, 1.807) is 17.4 Å². The Morgan fingerprint density at radius 1 is 1.30 bits per heavy atom. The highest BCUT2D eigenvalue weighted by atomic mass is 35.5. The molecule has 1 N–H and O–H groups in total. The van der Waals surface area contributed by atoms with Gasteiger partial charge in [0.05, 0.1) is 0 Å². The SMILES string of the molecule is CCCNC(Cc1ccc(F)cc1Cl)c1ccc(C)s1. The highest BCUT2D eigenvalue weighted by Gasteiger charge is 2.15. The van der Waals surface area contributed by atoms with Gasteiger partial charge in [0.25, 0.3) is 0 Å². The monoisotopic (exact) mass is 311 g/mol. The molecule has 0 fully saturated rings. The number of hydrogen-bond donors (Lipinski definition) is 1. The van der Waals surface area contributed by atoms with Crippen LogP contribution in [0, 0.1) is 12.7 Å². The molecule has 2 rings (SSSR count). The van der Waals surface area contributed by atoms with Crippen molar-refractivity contribution >= 4 is 22.9 Å². The largest absolute Gasteiger partial charge is 0.309 e. The van der Waals surface area contributed by atoms with Crippen molar-refractivity contribution in [2.24, 2.45) is 0 Å². The first-order valence-corrected chi connectivity index (χ1v) is 8.03. The van der Waals surface area contributed by atoms with E-state index in [1.807, 2.05) is 0 Å². The quantitative estimate of drug-likeness (QED) is 0.779. The molecular weight excluding hydrogens is 293 g/mol. The minimum atomic E-state index is -0.288. The van der Waals surface area contributed by atoms with Crippen molar-refractivity contribution in [1.82, 2.24) is 5.32 Å². The first kappa shape index (κ1) is 15.5. The number of thiophene rings is 1. The fraction of sp³-hybridized carbons (Fsp3) is 0.375. The van der Waals surface area contributed by atoms with E-state index >= 15 is 0 Å². The van der Waals surface area contributed by atoms with Gasteiger partial charge in [0.1, 0.15) is 5.82 Å². The highest BCUT2D eigenvalue weighted by molar-refractivity contribution is 7.12. The molecule has 20 heavy (non-hydrogen) atoms. The Balaban J connectivity index is 2.18. The van der Waals surface area contributed by atoms with Crippen LogP contribution in [-0.4, -0.2) is 6.54 Å². The van der Waals surface area contributed by atoms with Crippen LogP contribution in [-0.2, 0) is 6.42 Å². The Morgan fingerprint density at radius 3 is 2.70 bits per heavy atom. The number of hydrogen-bond acceptors (Lipinski definition) is 2. The van der Waals surface area contributed by atoms with Gasteiger partial charge in [-0.3, -0.25) is 0 Å². The van der Waals surface area contributed by atoms with E-state index < -0.39 is 0 Å². The fourth-order valence-electron chi connectivity index (χ4n) is 2.14. The molecule has 108 valence electrons. The van der Waals surface area contributed by atoms with Crippen molar-refractivity contribution in [3.63, 3.8) is 0 Å². The first-order valence-electron chi connectivity index (χ1n) is 6.83. The first-order chi connectivity index (χ1) is 9.60. The summed E-state index contributed by atoms with van der Waals surface area (Å²) in [6.07, 6.45) is 1.86. The molecule has 1 aromatic heterocycles. The zero-order valence-electron chi connectivity index (χ0n) is 11.7. The van der Waals surface area contributed by atoms with Crippen LogP contribution in [0.3, 0.4) is 0 Å². The lowest BCUT2D eigenvalue weighted by atomic mass is 10.0. The van der Waals surface area contributed by atoms with Crippen LogP contribution in [0.5, 0.6) is 0 Å². The molecule has 1 atom stereocenters. The Morgan fingerprint density at radius 2 is 2.10 bits per heavy atom. The molecule has 4 heteroatoms. The van der Waals surface area contributed by atoms with Crippen molar-refractivity contribution in [2.45, 2.75) is 32.7 Å². The molecule has 0 spiro atoms. The topological polar surface area (TPSA) is 12.0 Å². The average Bonchev–Trinajstić information content (AvgIpc) is 2.83. The molecule has 0 aliphatic heterocycles. The second-order valence-electron chi connectivity index (χ2n) is 4.89. The van der Waals surface area contributed by atoms with Crippen LogP contribution in [0.2, 0.25) is 5.02 Å². The van der Waals surface area contributed by atoms with Gasteiger partial charge < -0.3 is 5.32 Å². The van der Waals surface area contributed by atoms with Gasteiger partial charge in [-0.25, -0.2) is 4.39 Å². The van der Waals surface area contributed by atoms with Crippen molar-refractivity contribution in [3.05, 3.63) is 56.5 Å². The summed E-state index contributed by atoms with van der Waals surface area (Å²) in [6.45, 7) is 5.21. The normalized spacial score (nSPS) is 12.6. The molecule has 2 aromatic rings. The summed E-state index contributed by atoms with van der Waals surface area (Å²) in [4.78, 5) is 2.60. The molecule has 0 radical (unpaired) electrons. The predicted molar refractivity (Wildman–Crippen MR) is 85.2 cm³/mol. The molecule has 1 heterocycles. The van der Waals surface area contributed by atoms with E-state index in [4.69, 9.17) is 11.6 Å². The number of nitrogens with one attached hydrogen (secondary N) is 1. The second-order valence-corrected chi connectivity index (χ2v) is 6.62. The summed E-state index contributed by atoms with van der Waals surface area (Å²) in [5, 5.41) is 4.05. The second kappa shape index (κ2) is 7.21. The minimum Gasteiger partial charge on any atom is -0.309 e. The summed E-state index contributed by atoms with van der Waals surface area (Å²) in [6, 6.07) is 9.15. The highest BCUT2D eigenvalue weighted by Crippen LogP contribution is 2.28. The van der Waals surface area contributed by atoms with Crippen LogP contribution in [0.1, 0.15) is 34.7 Å². The number of rotatable bonds is 6. The Kier molecular flexibility index (Phi) is 5.58. The number of benzene rings is 1. The Bertz CT molecular complexity index is 567. The van der Waals surface area contributed by atoms with Crippen LogP contribution in [0.15, 0.2) is 30.3 Å². The van der Waals surface area contributed by atoms with E-state index in [0.29, 0.717) is 5.02 Å². The van der Waals surface area contributed by atoms with Gasteiger partial charge in [-0.15, -0.1) is 11.3 Å². The van der Waals surface area contributed by atoms with Gasteiger partial charge in [0, 0.05) is 20.8 Å². The molecule has 0 aliphatic carbocycles. The van der Waals surface area contributed by atoms with Crippen molar-refractivity contribution in [2.75, 3.05) is 6.54 Å². The summed E-state index contributed by atoms with van der Waals surface area (Å²) in [5.41, 5.74) is 0.979. The van der Waals surface area contributed by atoms with E-state index in [1.165, 1.54) is 21.9 Å². The van der Waals surface area contributed by atoms with E-state index in [-0.39, 0.29) is 11.9 Å². The lowest BCUT2D eigenvalue weighted by Gasteiger charge is -2.18. The van der Waals surface area contributed by atoms with Crippen molar-refractivity contribution < 1.29 is 4.39 Å². The minimum absolute atomic E-state index is 0.233. The van der Waals surface area contributed by atoms with Crippen LogP contribution in [0.4, 0.5) is 4.39 Å². The molecule has 1 aromatic carbocycles. The van der Waals surface area contributed by atoms with Gasteiger partial charge in [-0.2, -0.15) is 0 Å². The maximum Gasteiger partial charge on any atom is 0.124 e. The molecule has 1 nitrogen and oxygen atoms in total. The third-order valence-electron chi connectivity index (χ3n) is 3.18. The van der Waals surface area contributed by atoms with Crippen LogP contribution < -0.4 is 5.32 Å². The van der Waals surface area contributed by atoms with E-state index in [9.17, 15) is 4.39 Å². The Labute approximate surface area is 128 Å². The molecular formula is C16H19ClFNS. The molecule has 0 aliphatic rings. The molecule has 0 saturated heterocycles. The summed E-state index contributed by atoms with van der Waals surface area (Å²) >= 11 is 7.93. The predicted octanol–water partition coefficient (Wildman–Crippen LogP) is 5.13. The van der Waals surface area contributed by atoms with Gasteiger partial charge in [-0.05, 0) is 56.1 Å². The van der Waals surface area contributed by atoms with Gasteiger partial charge in [0.2, 0.25) is 0 Å². The van der Waals surface area contributed by atoms with Crippen molar-refractivity contribution in [3.8, 4) is 0 Å². The maximum absolute atomic E-state index is 13.1. The van der Waals surface area contributed by atoms with E-state index in [2.05, 4.69) is 31.3 Å². The molecule has 0 amide bonds. The summed E-state index contributed by atoms with van der Waals surface area (Å²) in [7, 11) is 0. The summed E-state index contributed by atoms with van der Waals surface area (Å²) < 4.78 is 13.1. The van der Waals surface area contributed by atoms with Gasteiger partial charge in [0.15, 0.2) is 0 Å². The van der Waals surface area contributed by atoms with Crippen LogP contribution >= 0.6 is 22.9 Å². The third kappa shape index (κ3) is 4.05. The van der Waals surface area contributed by atoms with Crippen LogP contribution in [0.25, 0.3) is 0 Å². The maximum atomic E-state index is 13.1.